The standard InChI is InChI=1S/C16H26N2O5S/c1-11(2)12(3)17-16(19)10-18(24(6,20)21)14-8-7-13(22-4)9-15(14)23-5/h7-9,11-12H,10H2,1-6H3,(H,17,19)/t12-/m1/s1. The number of hydrogen-bond acceptors (Lipinski definition) is 5. The molecule has 0 radical (unpaired) electrons. The Hall–Kier alpha value is -1.96. The minimum atomic E-state index is -3.67. The first-order valence-corrected chi connectivity index (χ1v) is 9.44. The second-order valence-electron chi connectivity index (χ2n) is 5.91. The van der Waals surface area contributed by atoms with Crippen LogP contribution in [-0.2, 0) is 14.8 Å². The zero-order valence-corrected chi connectivity index (χ0v) is 15.8. The molecule has 0 aromatic heterocycles. The van der Waals surface area contributed by atoms with E-state index in [2.05, 4.69) is 5.32 Å². The molecule has 0 spiro atoms. The van der Waals surface area contributed by atoms with Gasteiger partial charge in [-0.15, -0.1) is 0 Å². The van der Waals surface area contributed by atoms with Crippen molar-refractivity contribution >= 4 is 21.6 Å². The van der Waals surface area contributed by atoms with E-state index in [0.717, 1.165) is 10.6 Å². The third-order valence-corrected chi connectivity index (χ3v) is 4.86. The Kier molecular flexibility index (Phi) is 6.89. The van der Waals surface area contributed by atoms with Gasteiger partial charge in [0.05, 0.1) is 26.2 Å². The molecular formula is C16H26N2O5S. The predicted molar refractivity (Wildman–Crippen MR) is 94.2 cm³/mol. The lowest BCUT2D eigenvalue weighted by molar-refractivity contribution is -0.120. The van der Waals surface area contributed by atoms with Gasteiger partial charge < -0.3 is 14.8 Å². The highest BCUT2D eigenvalue weighted by Gasteiger charge is 2.25. The molecule has 0 unspecified atom stereocenters. The van der Waals surface area contributed by atoms with Gasteiger partial charge in [0.1, 0.15) is 18.0 Å². The van der Waals surface area contributed by atoms with Gasteiger partial charge in [-0.05, 0) is 25.0 Å². The highest BCUT2D eigenvalue weighted by molar-refractivity contribution is 7.92. The molecule has 0 fully saturated rings. The summed E-state index contributed by atoms with van der Waals surface area (Å²) in [6, 6.07) is 4.68. The summed E-state index contributed by atoms with van der Waals surface area (Å²) in [6.07, 6.45) is 1.05. The van der Waals surface area contributed by atoms with Gasteiger partial charge in [-0.25, -0.2) is 8.42 Å². The minimum absolute atomic E-state index is 0.0586. The molecule has 0 bridgehead atoms. The average Bonchev–Trinajstić information content (AvgIpc) is 2.50. The summed E-state index contributed by atoms with van der Waals surface area (Å²) in [5.74, 6) is 0.710. The summed E-state index contributed by atoms with van der Waals surface area (Å²) in [4.78, 5) is 12.2. The maximum absolute atomic E-state index is 12.2. The molecule has 0 saturated heterocycles. The molecule has 1 atom stereocenters. The Morgan fingerprint density at radius 1 is 1.21 bits per heavy atom. The van der Waals surface area contributed by atoms with E-state index in [1.54, 1.807) is 18.2 Å². The molecule has 0 heterocycles. The fourth-order valence-electron chi connectivity index (χ4n) is 1.97. The summed E-state index contributed by atoms with van der Waals surface area (Å²) in [6.45, 7) is 5.51. The number of benzene rings is 1. The first-order valence-electron chi connectivity index (χ1n) is 7.59. The molecule has 1 rings (SSSR count). The first-order chi connectivity index (χ1) is 11.1. The molecule has 0 saturated carbocycles. The Balaban J connectivity index is 3.14. The topological polar surface area (TPSA) is 84.9 Å². The number of rotatable bonds is 8. The Morgan fingerprint density at radius 2 is 1.83 bits per heavy atom. The molecule has 0 aliphatic carbocycles. The normalized spacial score (nSPS) is 12.6. The van der Waals surface area contributed by atoms with Gasteiger partial charge >= 0.3 is 0 Å². The van der Waals surface area contributed by atoms with Crippen LogP contribution in [-0.4, -0.2) is 47.4 Å². The van der Waals surface area contributed by atoms with E-state index in [9.17, 15) is 13.2 Å². The molecule has 1 N–H and O–H groups in total. The number of carbonyl (C=O) groups is 1. The molecule has 0 aliphatic heterocycles. The van der Waals surface area contributed by atoms with Crippen molar-refractivity contribution in [3.8, 4) is 11.5 Å². The third-order valence-electron chi connectivity index (χ3n) is 3.73. The largest absolute Gasteiger partial charge is 0.497 e. The predicted octanol–water partition coefficient (Wildman–Crippen LogP) is 1.63. The minimum Gasteiger partial charge on any atom is -0.497 e. The number of sulfonamides is 1. The number of nitrogens with zero attached hydrogens (tertiary/aromatic N) is 1. The number of ether oxygens (including phenoxy) is 2. The number of carbonyl (C=O) groups excluding carboxylic acids is 1. The van der Waals surface area contributed by atoms with Gasteiger partial charge in [0.2, 0.25) is 15.9 Å². The summed E-state index contributed by atoms with van der Waals surface area (Å²) >= 11 is 0. The van der Waals surface area contributed by atoms with E-state index < -0.39 is 10.0 Å². The van der Waals surface area contributed by atoms with E-state index >= 15 is 0 Å². The molecule has 1 aromatic rings. The van der Waals surface area contributed by atoms with Crippen LogP contribution in [0.3, 0.4) is 0 Å². The number of hydrogen-bond donors (Lipinski definition) is 1. The van der Waals surface area contributed by atoms with Crippen molar-refractivity contribution in [3.05, 3.63) is 18.2 Å². The Labute approximate surface area is 144 Å². The van der Waals surface area contributed by atoms with Gasteiger partial charge in [-0.2, -0.15) is 0 Å². The SMILES string of the molecule is COc1ccc(N(CC(=O)N[C@H](C)C(C)C)S(C)(=O)=O)c(OC)c1. The van der Waals surface area contributed by atoms with Crippen LogP contribution >= 0.6 is 0 Å². The third kappa shape index (κ3) is 5.30. The summed E-state index contributed by atoms with van der Waals surface area (Å²) < 4.78 is 35.7. The quantitative estimate of drug-likeness (QED) is 0.763. The van der Waals surface area contributed by atoms with Crippen molar-refractivity contribution in [2.75, 3.05) is 31.3 Å². The van der Waals surface area contributed by atoms with Gasteiger partial charge in [0, 0.05) is 12.1 Å². The Bertz CT molecular complexity index is 673. The maximum atomic E-state index is 12.2. The summed E-state index contributed by atoms with van der Waals surface area (Å²) in [7, 11) is -0.736. The van der Waals surface area contributed by atoms with Crippen LogP contribution in [0.15, 0.2) is 18.2 Å². The van der Waals surface area contributed by atoms with Gasteiger partial charge in [-0.1, -0.05) is 13.8 Å². The average molecular weight is 358 g/mol. The van der Waals surface area contributed by atoms with E-state index in [4.69, 9.17) is 9.47 Å². The number of methoxy groups -OCH3 is 2. The highest BCUT2D eigenvalue weighted by atomic mass is 32.2. The van der Waals surface area contributed by atoms with Crippen LogP contribution < -0.4 is 19.1 Å². The second kappa shape index (κ2) is 8.23. The molecule has 1 aromatic carbocycles. The maximum Gasteiger partial charge on any atom is 0.240 e. The van der Waals surface area contributed by atoms with Gasteiger partial charge in [0.25, 0.3) is 0 Å². The van der Waals surface area contributed by atoms with Crippen LogP contribution in [0.1, 0.15) is 20.8 Å². The Morgan fingerprint density at radius 3 is 2.29 bits per heavy atom. The van der Waals surface area contributed by atoms with E-state index in [-0.39, 0.29) is 30.1 Å². The summed E-state index contributed by atoms with van der Waals surface area (Å²) in [5, 5.41) is 2.80. The lowest BCUT2D eigenvalue weighted by Gasteiger charge is -2.25. The number of anilines is 1. The molecule has 8 heteroatoms. The van der Waals surface area contributed by atoms with Crippen molar-refractivity contribution in [2.45, 2.75) is 26.8 Å². The zero-order valence-electron chi connectivity index (χ0n) is 15.0. The van der Waals surface area contributed by atoms with Gasteiger partial charge in [0.15, 0.2) is 0 Å². The van der Waals surface area contributed by atoms with Crippen molar-refractivity contribution in [3.63, 3.8) is 0 Å². The van der Waals surface area contributed by atoms with Crippen LogP contribution in [0, 0.1) is 5.92 Å². The molecule has 0 aliphatic rings. The van der Waals surface area contributed by atoms with Crippen molar-refractivity contribution in [1.82, 2.24) is 5.32 Å². The molecule has 24 heavy (non-hydrogen) atoms. The number of nitrogens with one attached hydrogen (secondary N) is 1. The van der Waals surface area contributed by atoms with Gasteiger partial charge in [-0.3, -0.25) is 9.10 Å². The van der Waals surface area contributed by atoms with Crippen LogP contribution in [0.25, 0.3) is 0 Å². The lowest BCUT2D eigenvalue weighted by atomic mass is 10.1. The second-order valence-corrected chi connectivity index (χ2v) is 7.81. The summed E-state index contributed by atoms with van der Waals surface area (Å²) in [5.41, 5.74) is 0.285. The molecule has 1 amide bonds. The fourth-order valence-corrected chi connectivity index (χ4v) is 2.83. The zero-order chi connectivity index (χ0) is 18.5. The van der Waals surface area contributed by atoms with E-state index in [0.29, 0.717) is 11.5 Å². The van der Waals surface area contributed by atoms with Crippen molar-refractivity contribution in [1.29, 1.82) is 0 Å². The van der Waals surface area contributed by atoms with Crippen molar-refractivity contribution in [2.24, 2.45) is 5.92 Å². The van der Waals surface area contributed by atoms with Crippen LogP contribution in [0.4, 0.5) is 5.69 Å². The number of amides is 1. The van der Waals surface area contributed by atoms with Crippen LogP contribution in [0.5, 0.6) is 11.5 Å². The lowest BCUT2D eigenvalue weighted by Crippen LogP contribution is -2.44. The first kappa shape index (κ1) is 20.1. The highest BCUT2D eigenvalue weighted by Crippen LogP contribution is 2.33. The fraction of sp³-hybridized carbons (Fsp3) is 0.562. The van der Waals surface area contributed by atoms with Crippen LogP contribution in [0.2, 0.25) is 0 Å². The monoisotopic (exact) mass is 358 g/mol. The van der Waals surface area contributed by atoms with E-state index in [1.807, 2.05) is 20.8 Å². The molecule has 7 nitrogen and oxygen atoms in total. The van der Waals surface area contributed by atoms with E-state index in [1.165, 1.54) is 14.2 Å². The smallest absolute Gasteiger partial charge is 0.240 e. The van der Waals surface area contributed by atoms with Crippen molar-refractivity contribution < 1.29 is 22.7 Å². The molecular weight excluding hydrogens is 332 g/mol. The molecule has 136 valence electrons.